The van der Waals surface area contributed by atoms with Crippen LogP contribution < -0.4 is 0 Å². The van der Waals surface area contributed by atoms with E-state index in [1.54, 1.807) is 18.2 Å². The molecule has 1 aromatic carbocycles. The highest BCUT2D eigenvalue weighted by Gasteiger charge is 2.17. The van der Waals surface area contributed by atoms with Crippen molar-refractivity contribution in [2.45, 2.75) is 19.3 Å². The van der Waals surface area contributed by atoms with Crippen LogP contribution >= 0.6 is 23.2 Å². The van der Waals surface area contributed by atoms with Crippen LogP contribution in [0.4, 0.5) is 0 Å². The molecule has 90 valence electrons. The molecule has 1 heterocycles. The van der Waals surface area contributed by atoms with Crippen LogP contribution in [0, 0.1) is 0 Å². The van der Waals surface area contributed by atoms with E-state index in [-0.39, 0.29) is 12.2 Å². The topological polar surface area (TPSA) is 26.3 Å². The Hall–Kier alpha value is -0.990. The van der Waals surface area contributed by atoms with E-state index in [2.05, 4.69) is 0 Å². The van der Waals surface area contributed by atoms with E-state index >= 15 is 0 Å². The first-order valence-electron chi connectivity index (χ1n) is 5.47. The van der Waals surface area contributed by atoms with Gasteiger partial charge in [-0.2, -0.15) is 0 Å². The van der Waals surface area contributed by atoms with Crippen molar-refractivity contribution in [3.05, 3.63) is 45.6 Å². The Labute approximate surface area is 110 Å². The lowest BCUT2D eigenvalue weighted by Crippen LogP contribution is -2.13. The largest absolute Gasteiger partial charge is 0.490 e. The third-order valence-electron chi connectivity index (χ3n) is 2.61. The van der Waals surface area contributed by atoms with E-state index in [0.29, 0.717) is 28.0 Å². The van der Waals surface area contributed by atoms with Crippen LogP contribution in [0.3, 0.4) is 0 Å². The van der Waals surface area contributed by atoms with E-state index in [9.17, 15) is 4.79 Å². The first-order chi connectivity index (χ1) is 8.18. The molecule has 4 heteroatoms. The van der Waals surface area contributed by atoms with Crippen LogP contribution in [-0.4, -0.2) is 12.4 Å². The number of carbonyl (C=O) groups excluding carboxylic acids is 1. The molecule has 0 radical (unpaired) electrons. The molecule has 0 spiro atoms. The monoisotopic (exact) mass is 270 g/mol. The van der Waals surface area contributed by atoms with Gasteiger partial charge in [-0.15, -0.1) is 0 Å². The molecule has 0 aromatic heterocycles. The average Bonchev–Trinajstić information content (AvgIpc) is 2.35. The van der Waals surface area contributed by atoms with Gasteiger partial charge in [-0.05, 0) is 36.6 Å². The zero-order chi connectivity index (χ0) is 12.3. The normalized spacial score (nSPS) is 15.1. The van der Waals surface area contributed by atoms with E-state index in [1.165, 1.54) is 0 Å². The lowest BCUT2D eigenvalue weighted by atomic mass is 10.1. The second-order valence-electron chi connectivity index (χ2n) is 3.86. The highest BCUT2D eigenvalue weighted by molar-refractivity contribution is 6.36. The SMILES string of the molecule is O=C(Cc1c(Cl)cccc1Cl)C1=CCCCO1. The van der Waals surface area contributed by atoms with Crippen molar-refractivity contribution >= 4 is 29.0 Å². The average molecular weight is 271 g/mol. The number of ketones is 1. The summed E-state index contributed by atoms with van der Waals surface area (Å²) in [6.07, 6.45) is 3.86. The number of hydrogen-bond acceptors (Lipinski definition) is 2. The maximum Gasteiger partial charge on any atom is 0.201 e. The van der Waals surface area contributed by atoms with Crippen LogP contribution in [0.25, 0.3) is 0 Å². The molecule has 2 nitrogen and oxygen atoms in total. The van der Waals surface area contributed by atoms with Gasteiger partial charge in [-0.25, -0.2) is 0 Å². The number of carbonyl (C=O) groups is 1. The van der Waals surface area contributed by atoms with Crippen LogP contribution in [0.1, 0.15) is 18.4 Å². The van der Waals surface area contributed by atoms with E-state index in [1.807, 2.05) is 6.08 Å². The summed E-state index contributed by atoms with van der Waals surface area (Å²) in [6.45, 7) is 0.605. The predicted octanol–water partition coefficient (Wildman–Crippen LogP) is 3.80. The van der Waals surface area contributed by atoms with Crippen molar-refractivity contribution in [1.82, 2.24) is 0 Å². The Morgan fingerprint density at radius 3 is 2.59 bits per heavy atom. The minimum atomic E-state index is -0.0697. The molecule has 17 heavy (non-hydrogen) atoms. The fourth-order valence-corrected chi connectivity index (χ4v) is 2.23. The Morgan fingerprint density at radius 1 is 1.29 bits per heavy atom. The van der Waals surface area contributed by atoms with Gasteiger partial charge < -0.3 is 4.74 Å². The quantitative estimate of drug-likeness (QED) is 0.835. The van der Waals surface area contributed by atoms with Crippen molar-refractivity contribution in [3.8, 4) is 0 Å². The number of benzene rings is 1. The van der Waals surface area contributed by atoms with Crippen LogP contribution in [0.5, 0.6) is 0 Å². The zero-order valence-electron chi connectivity index (χ0n) is 9.21. The summed E-state index contributed by atoms with van der Waals surface area (Å²) in [4.78, 5) is 12.0. The first kappa shape index (κ1) is 12.5. The third kappa shape index (κ3) is 3.02. The Balaban J connectivity index is 2.15. The summed E-state index contributed by atoms with van der Waals surface area (Å²) < 4.78 is 5.32. The Bertz CT molecular complexity index is 446. The zero-order valence-corrected chi connectivity index (χ0v) is 10.7. The molecule has 1 aromatic rings. The van der Waals surface area contributed by atoms with Crippen molar-refractivity contribution in [1.29, 1.82) is 0 Å². The summed E-state index contributed by atoms with van der Waals surface area (Å²) >= 11 is 12.0. The standard InChI is InChI=1S/C13H12Cl2O2/c14-10-4-3-5-11(15)9(10)8-12(16)13-6-1-2-7-17-13/h3-6H,1-2,7-8H2. The summed E-state index contributed by atoms with van der Waals surface area (Å²) in [5.41, 5.74) is 0.663. The molecule has 0 saturated heterocycles. The van der Waals surface area contributed by atoms with E-state index < -0.39 is 0 Å². The number of Topliss-reactive ketones (excluding diaryl/α,β-unsaturated/α-hetero) is 1. The Morgan fingerprint density at radius 2 is 2.00 bits per heavy atom. The van der Waals surface area contributed by atoms with Crippen molar-refractivity contribution in [2.75, 3.05) is 6.61 Å². The molecule has 0 fully saturated rings. The summed E-state index contributed by atoms with van der Waals surface area (Å²) in [5, 5.41) is 1.03. The number of allylic oxidation sites excluding steroid dienone is 2. The molecular weight excluding hydrogens is 259 g/mol. The van der Waals surface area contributed by atoms with Crippen molar-refractivity contribution in [2.24, 2.45) is 0 Å². The summed E-state index contributed by atoms with van der Waals surface area (Å²) in [6, 6.07) is 5.22. The molecule has 0 unspecified atom stereocenters. The lowest BCUT2D eigenvalue weighted by Gasteiger charge is -2.14. The maximum absolute atomic E-state index is 12.0. The van der Waals surface area contributed by atoms with Gasteiger partial charge in [0, 0.05) is 16.5 Å². The first-order valence-corrected chi connectivity index (χ1v) is 6.23. The fourth-order valence-electron chi connectivity index (χ4n) is 1.70. The van der Waals surface area contributed by atoms with Crippen LogP contribution in [0.15, 0.2) is 30.0 Å². The lowest BCUT2D eigenvalue weighted by molar-refractivity contribution is -0.118. The molecule has 0 atom stereocenters. The maximum atomic E-state index is 12.0. The van der Waals surface area contributed by atoms with Gasteiger partial charge >= 0.3 is 0 Å². The second-order valence-corrected chi connectivity index (χ2v) is 4.67. The number of rotatable bonds is 3. The summed E-state index contributed by atoms with van der Waals surface area (Å²) in [5.74, 6) is 0.368. The van der Waals surface area contributed by atoms with Gasteiger partial charge in [0.25, 0.3) is 0 Å². The van der Waals surface area contributed by atoms with Gasteiger partial charge in [0.1, 0.15) is 0 Å². The molecule has 0 bridgehead atoms. The summed E-state index contributed by atoms with van der Waals surface area (Å²) in [7, 11) is 0. The molecule has 0 aliphatic carbocycles. The number of hydrogen-bond donors (Lipinski definition) is 0. The van der Waals surface area contributed by atoms with Crippen LogP contribution in [-0.2, 0) is 16.0 Å². The highest BCUT2D eigenvalue weighted by Crippen LogP contribution is 2.26. The van der Waals surface area contributed by atoms with Crippen LogP contribution in [0.2, 0.25) is 10.0 Å². The van der Waals surface area contributed by atoms with E-state index in [0.717, 1.165) is 12.8 Å². The second kappa shape index (κ2) is 5.56. The number of ether oxygens (including phenoxy) is 1. The number of halogens is 2. The van der Waals surface area contributed by atoms with Crippen molar-refractivity contribution < 1.29 is 9.53 Å². The minimum Gasteiger partial charge on any atom is -0.490 e. The van der Waals surface area contributed by atoms with Gasteiger partial charge in [0.2, 0.25) is 5.78 Å². The molecule has 2 rings (SSSR count). The third-order valence-corrected chi connectivity index (χ3v) is 3.32. The van der Waals surface area contributed by atoms with Gasteiger partial charge in [-0.1, -0.05) is 29.3 Å². The Kier molecular flexibility index (Phi) is 4.08. The van der Waals surface area contributed by atoms with Gasteiger partial charge in [0.15, 0.2) is 5.76 Å². The molecule has 0 saturated carbocycles. The van der Waals surface area contributed by atoms with Gasteiger partial charge in [0.05, 0.1) is 6.61 Å². The minimum absolute atomic E-state index is 0.0697. The predicted molar refractivity (Wildman–Crippen MR) is 68.4 cm³/mol. The molecule has 1 aliphatic rings. The molecule has 0 N–H and O–H groups in total. The van der Waals surface area contributed by atoms with E-state index in [4.69, 9.17) is 27.9 Å². The molecule has 0 amide bonds. The van der Waals surface area contributed by atoms with Crippen molar-refractivity contribution in [3.63, 3.8) is 0 Å². The molecular formula is C13H12Cl2O2. The highest BCUT2D eigenvalue weighted by atomic mass is 35.5. The van der Waals surface area contributed by atoms with Gasteiger partial charge in [-0.3, -0.25) is 4.79 Å². The fraction of sp³-hybridized carbons (Fsp3) is 0.308. The molecule has 1 aliphatic heterocycles. The smallest absolute Gasteiger partial charge is 0.201 e.